The molecule has 0 radical (unpaired) electrons. The first-order valence-electron chi connectivity index (χ1n) is 6.28. The van der Waals surface area contributed by atoms with Gasteiger partial charge in [-0.3, -0.25) is 9.59 Å². The van der Waals surface area contributed by atoms with Gasteiger partial charge >= 0.3 is 0 Å². The van der Waals surface area contributed by atoms with Crippen LogP contribution in [0.1, 0.15) is 28.8 Å². The van der Waals surface area contributed by atoms with Crippen molar-refractivity contribution in [3.63, 3.8) is 0 Å². The quantitative estimate of drug-likeness (QED) is 0.870. The average Bonchev–Trinajstić information content (AvgIpc) is 2.38. The summed E-state index contributed by atoms with van der Waals surface area (Å²) in [7, 11) is 3.39. The fourth-order valence-corrected chi connectivity index (χ4v) is 1.62. The van der Waals surface area contributed by atoms with Crippen molar-refractivity contribution in [2.24, 2.45) is 5.73 Å². The Morgan fingerprint density at radius 2 is 1.95 bits per heavy atom. The molecule has 1 aromatic rings. The molecule has 0 aliphatic heterocycles. The molecular weight excluding hydrogens is 278 g/mol. The second-order valence-corrected chi connectivity index (χ2v) is 4.67. The number of nitrogens with one attached hydrogen (secondary N) is 1. The Morgan fingerprint density at radius 3 is 2.50 bits per heavy atom. The molecule has 20 heavy (non-hydrogen) atoms. The van der Waals surface area contributed by atoms with Gasteiger partial charge < -0.3 is 16.0 Å². The highest BCUT2D eigenvalue weighted by atomic mass is 35.5. The monoisotopic (exact) mass is 299 g/mol. The standard InChI is InChI=1S/C14H21N3O2.ClH/c1-10-6-7-11(14(19)17(2)3)9-12(10)16-13(18)5-4-8-15;/h6-7,9H,4-5,8,15H2,1-3H3,(H,16,18);1H. The Balaban J connectivity index is 0.00000361. The van der Waals surface area contributed by atoms with Gasteiger partial charge in [-0.25, -0.2) is 0 Å². The molecule has 6 heteroatoms. The van der Waals surface area contributed by atoms with Crippen molar-refractivity contribution >= 4 is 29.9 Å². The molecule has 0 atom stereocenters. The van der Waals surface area contributed by atoms with Crippen LogP contribution in [0.3, 0.4) is 0 Å². The van der Waals surface area contributed by atoms with Gasteiger partial charge in [0.05, 0.1) is 0 Å². The molecule has 0 aliphatic rings. The average molecular weight is 300 g/mol. The van der Waals surface area contributed by atoms with Gasteiger partial charge in [0.2, 0.25) is 5.91 Å². The number of nitrogens with two attached hydrogens (primary N) is 1. The van der Waals surface area contributed by atoms with Gasteiger partial charge in [0.1, 0.15) is 0 Å². The van der Waals surface area contributed by atoms with Gasteiger partial charge in [-0.05, 0) is 37.6 Å². The first-order valence-corrected chi connectivity index (χ1v) is 6.28. The van der Waals surface area contributed by atoms with Crippen LogP contribution in [0.15, 0.2) is 18.2 Å². The van der Waals surface area contributed by atoms with Crippen LogP contribution in [0, 0.1) is 6.92 Å². The highest BCUT2D eigenvalue weighted by Gasteiger charge is 2.11. The molecule has 112 valence electrons. The third-order valence-corrected chi connectivity index (χ3v) is 2.77. The second-order valence-electron chi connectivity index (χ2n) is 4.67. The van der Waals surface area contributed by atoms with Gasteiger partial charge in [0, 0.05) is 31.8 Å². The third kappa shape index (κ3) is 5.19. The van der Waals surface area contributed by atoms with E-state index < -0.39 is 0 Å². The van der Waals surface area contributed by atoms with E-state index in [1.807, 2.05) is 13.0 Å². The predicted octanol–water partition coefficient (Wildman–Crippen LogP) is 1.80. The summed E-state index contributed by atoms with van der Waals surface area (Å²) in [5.41, 5.74) is 7.53. The lowest BCUT2D eigenvalue weighted by atomic mass is 10.1. The van der Waals surface area contributed by atoms with E-state index in [1.165, 1.54) is 4.90 Å². The molecule has 0 saturated carbocycles. The number of anilines is 1. The van der Waals surface area contributed by atoms with Gasteiger partial charge in [0.25, 0.3) is 5.91 Å². The van der Waals surface area contributed by atoms with E-state index >= 15 is 0 Å². The lowest BCUT2D eigenvalue weighted by Gasteiger charge is -2.13. The van der Waals surface area contributed by atoms with Crippen LogP contribution in [0.25, 0.3) is 0 Å². The predicted molar refractivity (Wildman–Crippen MR) is 83.4 cm³/mol. The Hall–Kier alpha value is -1.59. The zero-order valence-electron chi connectivity index (χ0n) is 12.1. The molecule has 0 bridgehead atoms. The molecule has 0 aromatic heterocycles. The summed E-state index contributed by atoms with van der Waals surface area (Å²) in [5, 5.41) is 2.81. The lowest BCUT2D eigenvalue weighted by Crippen LogP contribution is -2.22. The summed E-state index contributed by atoms with van der Waals surface area (Å²) in [4.78, 5) is 25.0. The number of halogens is 1. The molecule has 1 rings (SSSR count). The Labute approximate surface area is 125 Å². The minimum Gasteiger partial charge on any atom is -0.345 e. The van der Waals surface area contributed by atoms with Crippen LogP contribution in [0.2, 0.25) is 0 Å². The molecule has 2 amide bonds. The molecule has 3 N–H and O–H groups in total. The minimum absolute atomic E-state index is 0. The molecule has 0 saturated heterocycles. The molecule has 0 spiro atoms. The van der Waals surface area contributed by atoms with Gasteiger partial charge in [-0.1, -0.05) is 6.07 Å². The minimum atomic E-state index is -0.0857. The molecule has 0 aliphatic carbocycles. The van der Waals surface area contributed by atoms with Crippen molar-refractivity contribution in [1.29, 1.82) is 0 Å². The summed E-state index contributed by atoms with van der Waals surface area (Å²) in [6.45, 7) is 2.38. The van der Waals surface area contributed by atoms with E-state index in [-0.39, 0.29) is 24.2 Å². The van der Waals surface area contributed by atoms with Crippen LogP contribution < -0.4 is 11.1 Å². The summed E-state index contributed by atoms with van der Waals surface area (Å²) in [6.07, 6.45) is 1.04. The van der Waals surface area contributed by atoms with Gasteiger partial charge in [0.15, 0.2) is 0 Å². The number of aryl methyl sites for hydroxylation is 1. The summed E-state index contributed by atoms with van der Waals surface area (Å²) in [5.74, 6) is -0.166. The molecule has 0 fully saturated rings. The van der Waals surface area contributed by atoms with Crippen molar-refractivity contribution < 1.29 is 9.59 Å². The number of hydrogen-bond donors (Lipinski definition) is 2. The van der Waals surface area contributed by atoms with E-state index in [1.54, 1.807) is 26.2 Å². The van der Waals surface area contributed by atoms with E-state index in [9.17, 15) is 9.59 Å². The Bertz CT molecular complexity index is 475. The van der Waals surface area contributed by atoms with Crippen LogP contribution in [0.4, 0.5) is 5.69 Å². The molecule has 5 nitrogen and oxygen atoms in total. The number of benzene rings is 1. The van der Waals surface area contributed by atoms with Crippen molar-refractivity contribution in [1.82, 2.24) is 4.90 Å². The maximum absolute atomic E-state index is 11.9. The number of rotatable bonds is 5. The number of nitrogens with zero attached hydrogens (tertiary/aromatic N) is 1. The van der Waals surface area contributed by atoms with Crippen LogP contribution >= 0.6 is 12.4 Å². The number of hydrogen-bond acceptors (Lipinski definition) is 3. The number of carbonyl (C=O) groups is 2. The van der Waals surface area contributed by atoms with Crippen molar-refractivity contribution in [3.8, 4) is 0 Å². The summed E-state index contributed by atoms with van der Waals surface area (Å²) < 4.78 is 0. The first kappa shape index (κ1) is 18.4. The van der Waals surface area contributed by atoms with E-state index in [4.69, 9.17) is 5.73 Å². The van der Waals surface area contributed by atoms with E-state index in [0.29, 0.717) is 30.6 Å². The Kier molecular flexibility index (Phi) is 7.87. The second kappa shape index (κ2) is 8.55. The third-order valence-electron chi connectivity index (χ3n) is 2.77. The normalized spacial score (nSPS) is 9.60. The molecule has 0 unspecified atom stereocenters. The number of carbonyl (C=O) groups excluding carboxylic acids is 2. The van der Waals surface area contributed by atoms with Gasteiger partial charge in [-0.15, -0.1) is 12.4 Å². The maximum atomic E-state index is 11.9. The lowest BCUT2D eigenvalue weighted by molar-refractivity contribution is -0.116. The first-order chi connectivity index (χ1) is 8.95. The fraction of sp³-hybridized carbons (Fsp3) is 0.429. The smallest absolute Gasteiger partial charge is 0.253 e. The number of amides is 2. The van der Waals surface area contributed by atoms with Gasteiger partial charge in [-0.2, -0.15) is 0 Å². The highest BCUT2D eigenvalue weighted by molar-refractivity contribution is 5.97. The van der Waals surface area contributed by atoms with Crippen molar-refractivity contribution in [3.05, 3.63) is 29.3 Å². The van der Waals surface area contributed by atoms with Crippen LogP contribution in [0.5, 0.6) is 0 Å². The molecular formula is C14H22ClN3O2. The van der Waals surface area contributed by atoms with Crippen molar-refractivity contribution in [2.45, 2.75) is 19.8 Å². The summed E-state index contributed by atoms with van der Waals surface area (Å²) in [6, 6.07) is 5.29. The fourth-order valence-electron chi connectivity index (χ4n) is 1.62. The maximum Gasteiger partial charge on any atom is 0.253 e. The van der Waals surface area contributed by atoms with Crippen LogP contribution in [-0.4, -0.2) is 37.4 Å². The molecule has 0 heterocycles. The van der Waals surface area contributed by atoms with Crippen LogP contribution in [-0.2, 0) is 4.79 Å². The van der Waals surface area contributed by atoms with E-state index in [2.05, 4.69) is 5.32 Å². The van der Waals surface area contributed by atoms with Crippen molar-refractivity contribution in [2.75, 3.05) is 26.0 Å². The summed E-state index contributed by atoms with van der Waals surface area (Å²) >= 11 is 0. The highest BCUT2D eigenvalue weighted by Crippen LogP contribution is 2.18. The molecule has 1 aromatic carbocycles. The van der Waals surface area contributed by atoms with E-state index in [0.717, 1.165) is 5.56 Å². The zero-order chi connectivity index (χ0) is 14.4. The Morgan fingerprint density at radius 1 is 1.30 bits per heavy atom. The largest absolute Gasteiger partial charge is 0.345 e. The SMILES string of the molecule is Cc1ccc(C(=O)N(C)C)cc1NC(=O)CCCN.Cl. The zero-order valence-corrected chi connectivity index (χ0v) is 12.9. The topological polar surface area (TPSA) is 75.4 Å².